The van der Waals surface area contributed by atoms with Gasteiger partial charge >= 0.3 is 5.97 Å². The Labute approximate surface area is 189 Å². The van der Waals surface area contributed by atoms with Crippen molar-refractivity contribution in [3.8, 4) is 0 Å². The molecule has 0 radical (unpaired) electrons. The predicted octanol–water partition coefficient (Wildman–Crippen LogP) is 0.814. The van der Waals surface area contributed by atoms with Gasteiger partial charge in [0.1, 0.15) is 18.1 Å². The van der Waals surface area contributed by atoms with Crippen molar-refractivity contribution in [3.05, 3.63) is 0 Å². The standard InChI is InChI=1S/C21H38N4O5S/c1-6-13(4)17(21(29)30)24-19(27)16(12(2)3)23-18(26)15-8-7-10-25(15)20(28)14(22)9-11-31-5/h12-17H,6-11,22H2,1-5H3,(H,23,26)(H,24,27)(H,29,30). The van der Waals surface area contributed by atoms with Crippen LogP contribution in [0.3, 0.4) is 0 Å². The molecule has 1 saturated heterocycles. The third-order valence-corrected chi connectivity index (χ3v) is 6.46. The molecule has 1 rings (SSSR count). The first-order chi connectivity index (χ1) is 14.5. The van der Waals surface area contributed by atoms with Gasteiger partial charge in [0.05, 0.1) is 6.04 Å². The van der Waals surface area contributed by atoms with E-state index in [0.717, 1.165) is 5.75 Å². The number of carboxylic acid groups (broad SMARTS) is 1. The van der Waals surface area contributed by atoms with Crippen LogP contribution in [0.4, 0.5) is 0 Å². The molecule has 1 fully saturated rings. The zero-order valence-corrected chi connectivity index (χ0v) is 20.0. The minimum Gasteiger partial charge on any atom is -0.480 e. The van der Waals surface area contributed by atoms with Gasteiger partial charge in [0.15, 0.2) is 0 Å². The molecule has 5 N–H and O–H groups in total. The molecule has 5 unspecified atom stereocenters. The van der Waals surface area contributed by atoms with Gasteiger partial charge < -0.3 is 26.4 Å². The van der Waals surface area contributed by atoms with Crippen LogP contribution in [0.25, 0.3) is 0 Å². The largest absolute Gasteiger partial charge is 0.480 e. The topological polar surface area (TPSA) is 142 Å². The summed E-state index contributed by atoms with van der Waals surface area (Å²) in [7, 11) is 0. The van der Waals surface area contributed by atoms with Gasteiger partial charge in [-0.1, -0.05) is 34.1 Å². The van der Waals surface area contributed by atoms with Gasteiger partial charge in [-0.05, 0) is 43.1 Å². The van der Waals surface area contributed by atoms with E-state index in [0.29, 0.717) is 32.2 Å². The van der Waals surface area contributed by atoms with Crippen molar-refractivity contribution in [2.24, 2.45) is 17.6 Å². The lowest BCUT2D eigenvalue weighted by molar-refractivity contribution is -0.144. The molecule has 9 nitrogen and oxygen atoms in total. The smallest absolute Gasteiger partial charge is 0.326 e. The normalized spacial score (nSPS) is 20.1. The highest BCUT2D eigenvalue weighted by atomic mass is 32.2. The van der Waals surface area contributed by atoms with E-state index < -0.39 is 42.0 Å². The molecule has 1 aliphatic heterocycles. The Morgan fingerprint density at radius 1 is 1.16 bits per heavy atom. The third kappa shape index (κ3) is 7.68. The number of carboxylic acids is 1. The van der Waals surface area contributed by atoms with Crippen LogP contribution in [0.15, 0.2) is 0 Å². The average molecular weight is 459 g/mol. The van der Waals surface area contributed by atoms with Crippen molar-refractivity contribution in [2.75, 3.05) is 18.6 Å². The van der Waals surface area contributed by atoms with Gasteiger partial charge in [-0.15, -0.1) is 0 Å². The maximum atomic E-state index is 13.0. The van der Waals surface area contributed by atoms with Crippen LogP contribution < -0.4 is 16.4 Å². The van der Waals surface area contributed by atoms with E-state index in [1.54, 1.807) is 32.5 Å². The summed E-state index contributed by atoms with van der Waals surface area (Å²) >= 11 is 1.61. The monoisotopic (exact) mass is 458 g/mol. The summed E-state index contributed by atoms with van der Waals surface area (Å²) in [5, 5.41) is 14.8. The van der Waals surface area contributed by atoms with E-state index in [-0.39, 0.29) is 17.7 Å². The Hall–Kier alpha value is -1.81. The van der Waals surface area contributed by atoms with Gasteiger partial charge in [-0.2, -0.15) is 11.8 Å². The molecule has 10 heteroatoms. The van der Waals surface area contributed by atoms with Crippen molar-refractivity contribution in [1.29, 1.82) is 0 Å². The highest BCUT2D eigenvalue weighted by Crippen LogP contribution is 2.20. The summed E-state index contributed by atoms with van der Waals surface area (Å²) in [4.78, 5) is 51.6. The summed E-state index contributed by atoms with van der Waals surface area (Å²) in [5.74, 6) is -2.06. The average Bonchev–Trinajstić information content (AvgIpc) is 3.21. The molecule has 0 aromatic rings. The third-order valence-electron chi connectivity index (χ3n) is 5.81. The molecule has 0 aliphatic carbocycles. The molecule has 0 bridgehead atoms. The van der Waals surface area contributed by atoms with Crippen LogP contribution >= 0.6 is 11.8 Å². The molecule has 5 atom stereocenters. The molecular weight excluding hydrogens is 420 g/mol. The molecule has 1 aliphatic rings. The molecule has 1 heterocycles. The van der Waals surface area contributed by atoms with E-state index in [1.165, 1.54) is 4.90 Å². The number of nitrogens with one attached hydrogen (secondary N) is 2. The number of nitrogens with zero attached hydrogens (tertiary/aromatic N) is 1. The quantitative estimate of drug-likeness (QED) is 0.339. The van der Waals surface area contributed by atoms with E-state index in [2.05, 4.69) is 10.6 Å². The lowest BCUT2D eigenvalue weighted by Crippen LogP contribution is -2.58. The van der Waals surface area contributed by atoms with Crippen LogP contribution in [0.2, 0.25) is 0 Å². The van der Waals surface area contributed by atoms with Crippen LogP contribution in [0.5, 0.6) is 0 Å². The number of carbonyl (C=O) groups excluding carboxylic acids is 3. The number of rotatable bonds is 12. The van der Waals surface area contributed by atoms with Crippen molar-refractivity contribution in [1.82, 2.24) is 15.5 Å². The maximum Gasteiger partial charge on any atom is 0.326 e. The Morgan fingerprint density at radius 2 is 1.81 bits per heavy atom. The fraction of sp³-hybridized carbons (Fsp3) is 0.810. The van der Waals surface area contributed by atoms with Gasteiger partial charge in [-0.25, -0.2) is 4.79 Å². The van der Waals surface area contributed by atoms with Crippen LogP contribution in [-0.2, 0) is 19.2 Å². The molecule has 178 valence electrons. The van der Waals surface area contributed by atoms with Crippen LogP contribution in [-0.4, -0.2) is 76.4 Å². The summed E-state index contributed by atoms with van der Waals surface area (Å²) < 4.78 is 0. The molecule has 3 amide bonds. The molecule has 0 spiro atoms. The van der Waals surface area contributed by atoms with Crippen molar-refractivity contribution >= 4 is 35.5 Å². The predicted molar refractivity (Wildman–Crippen MR) is 121 cm³/mol. The summed E-state index contributed by atoms with van der Waals surface area (Å²) in [6, 6.07) is -3.26. The van der Waals surface area contributed by atoms with Gasteiger partial charge in [0.2, 0.25) is 17.7 Å². The van der Waals surface area contributed by atoms with E-state index >= 15 is 0 Å². The Balaban J connectivity index is 2.87. The highest BCUT2D eigenvalue weighted by Gasteiger charge is 2.38. The molecule has 31 heavy (non-hydrogen) atoms. The Morgan fingerprint density at radius 3 is 2.32 bits per heavy atom. The zero-order valence-electron chi connectivity index (χ0n) is 19.2. The van der Waals surface area contributed by atoms with Gasteiger partial charge in [-0.3, -0.25) is 14.4 Å². The minimum absolute atomic E-state index is 0.250. The number of thioether (sulfide) groups is 1. The number of nitrogens with two attached hydrogens (primary N) is 1. The van der Waals surface area contributed by atoms with E-state index in [1.807, 2.05) is 13.2 Å². The SMILES string of the molecule is CCC(C)C(NC(=O)C(NC(=O)C1CCCN1C(=O)C(N)CCSC)C(C)C)C(=O)O. The van der Waals surface area contributed by atoms with Crippen LogP contribution in [0, 0.1) is 11.8 Å². The summed E-state index contributed by atoms with van der Waals surface area (Å²) in [6.45, 7) is 7.62. The Kier molecular flexibility index (Phi) is 11.3. The number of amides is 3. The number of hydrogen-bond acceptors (Lipinski definition) is 6. The lowest BCUT2D eigenvalue weighted by Gasteiger charge is -2.30. The first kappa shape index (κ1) is 27.2. The second-order valence-corrected chi connectivity index (χ2v) is 9.50. The molecule has 0 aromatic carbocycles. The molecule has 0 aromatic heterocycles. The zero-order chi connectivity index (χ0) is 23.7. The number of aliphatic carboxylic acids is 1. The van der Waals surface area contributed by atoms with Crippen molar-refractivity contribution in [2.45, 2.75) is 77.5 Å². The first-order valence-corrected chi connectivity index (χ1v) is 12.3. The fourth-order valence-corrected chi connectivity index (χ4v) is 4.08. The lowest BCUT2D eigenvalue weighted by atomic mass is 9.97. The summed E-state index contributed by atoms with van der Waals surface area (Å²) in [6.07, 6.45) is 4.26. The number of likely N-dealkylation sites (tertiary alicyclic amines) is 1. The van der Waals surface area contributed by atoms with Crippen LogP contribution in [0.1, 0.15) is 53.4 Å². The number of hydrogen-bond donors (Lipinski definition) is 4. The van der Waals surface area contributed by atoms with Gasteiger partial charge in [0.25, 0.3) is 0 Å². The Bertz CT molecular complexity index is 645. The summed E-state index contributed by atoms with van der Waals surface area (Å²) in [5.41, 5.74) is 6.01. The van der Waals surface area contributed by atoms with E-state index in [4.69, 9.17) is 5.73 Å². The maximum absolute atomic E-state index is 13.0. The number of carbonyl (C=O) groups is 4. The van der Waals surface area contributed by atoms with E-state index in [9.17, 15) is 24.3 Å². The fourth-order valence-electron chi connectivity index (χ4n) is 3.59. The highest BCUT2D eigenvalue weighted by molar-refractivity contribution is 7.98. The first-order valence-electron chi connectivity index (χ1n) is 10.9. The van der Waals surface area contributed by atoms with Gasteiger partial charge in [0, 0.05) is 6.54 Å². The van der Waals surface area contributed by atoms with Crippen molar-refractivity contribution < 1.29 is 24.3 Å². The molecular formula is C21H38N4O5S. The second kappa shape index (κ2) is 12.9. The molecule has 0 saturated carbocycles. The van der Waals surface area contributed by atoms with Crippen molar-refractivity contribution in [3.63, 3.8) is 0 Å². The second-order valence-electron chi connectivity index (χ2n) is 8.52. The minimum atomic E-state index is -1.11.